The molecule has 9 heteroatoms. The number of hydrogen-bond donors (Lipinski definition) is 1. The monoisotopic (exact) mass is 363 g/mol. The van der Waals surface area contributed by atoms with Gasteiger partial charge in [-0.15, -0.1) is 11.3 Å². The second kappa shape index (κ2) is 5.38. The molecule has 4 heterocycles. The van der Waals surface area contributed by atoms with Crippen molar-refractivity contribution in [2.75, 3.05) is 11.5 Å². The van der Waals surface area contributed by atoms with Crippen LogP contribution in [-0.4, -0.2) is 41.3 Å². The van der Waals surface area contributed by atoms with Crippen LogP contribution in [0.15, 0.2) is 35.3 Å². The molecule has 0 radical (unpaired) electrons. The summed E-state index contributed by atoms with van der Waals surface area (Å²) in [6.45, 7) is 0. The Morgan fingerprint density at radius 3 is 2.96 bits per heavy atom. The fourth-order valence-electron chi connectivity index (χ4n) is 2.83. The second-order valence-electron chi connectivity index (χ2n) is 5.75. The molecule has 4 rings (SSSR count). The molecule has 124 valence electrons. The standard InChI is InChI=1S/C15H13N3O4S2/c19-13(16-9-4-6-24(21,22)8-9)11-7-10-14(23-11)17-12-3-1-2-5-18(12)15(10)20/h1-3,5,7,9H,4,6,8H2,(H,16,19)/t9-/m1/s1. The van der Waals surface area contributed by atoms with Gasteiger partial charge in [0, 0.05) is 12.2 Å². The topological polar surface area (TPSA) is 97.6 Å². The predicted molar refractivity (Wildman–Crippen MR) is 91.4 cm³/mol. The zero-order valence-corrected chi connectivity index (χ0v) is 14.1. The summed E-state index contributed by atoms with van der Waals surface area (Å²) >= 11 is 1.13. The molecule has 1 N–H and O–H groups in total. The number of hydrogen-bond acceptors (Lipinski definition) is 6. The molecule has 0 unspecified atom stereocenters. The molecule has 0 saturated carbocycles. The van der Waals surface area contributed by atoms with Gasteiger partial charge in [-0.25, -0.2) is 13.4 Å². The number of aromatic nitrogens is 2. The first kappa shape index (κ1) is 15.3. The fourth-order valence-corrected chi connectivity index (χ4v) is 5.43. The minimum Gasteiger partial charge on any atom is -0.348 e. The number of thiophene rings is 1. The molecule has 3 aromatic heterocycles. The SMILES string of the molecule is O=C(N[C@@H]1CCS(=O)(=O)C1)c1cc2c(=O)n3ccccc3nc2s1. The van der Waals surface area contributed by atoms with Gasteiger partial charge in [0.15, 0.2) is 9.84 Å². The van der Waals surface area contributed by atoms with Crippen LogP contribution in [0.2, 0.25) is 0 Å². The van der Waals surface area contributed by atoms with E-state index in [2.05, 4.69) is 10.3 Å². The maximum absolute atomic E-state index is 12.5. The Labute approximate surface area is 140 Å². The third-order valence-corrected chi connectivity index (χ3v) is 6.80. The van der Waals surface area contributed by atoms with Crippen molar-refractivity contribution in [3.8, 4) is 0 Å². The Kier molecular flexibility index (Phi) is 3.43. The first-order valence-corrected chi connectivity index (χ1v) is 9.99. The maximum atomic E-state index is 12.5. The van der Waals surface area contributed by atoms with Crippen molar-refractivity contribution < 1.29 is 13.2 Å². The van der Waals surface area contributed by atoms with Crippen molar-refractivity contribution in [2.45, 2.75) is 12.5 Å². The number of rotatable bonds is 2. The summed E-state index contributed by atoms with van der Waals surface area (Å²) in [7, 11) is -3.06. The number of sulfone groups is 1. The van der Waals surface area contributed by atoms with Gasteiger partial charge >= 0.3 is 0 Å². The molecule has 0 bridgehead atoms. The van der Waals surface area contributed by atoms with Crippen LogP contribution in [-0.2, 0) is 9.84 Å². The first-order chi connectivity index (χ1) is 11.4. The highest BCUT2D eigenvalue weighted by molar-refractivity contribution is 7.91. The van der Waals surface area contributed by atoms with E-state index in [1.807, 2.05) is 0 Å². The summed E-state index contributed by atoms with van der Waals surface area (Å²) in [4.78, 5) is 30.1. The lowest BCUT2D eigenvalue weighted by molar-refractivity contribution is 0.0945. The lowest BCUT2D eigenvalue weighted by Crippen LogP contribution is -2.35. The highest BCUT2D eigenvalue weighted by Gasteiger charge is 2.29. The van der Waals surface area contributed by atoms with Gasteiger partial charge in [-0.05, 0) is 24.6 Å². The van der Waals surface area contributed by atoms with Crippen molar-refractivity contribution in [3.63, 3.8) is 0 Å². The molecule has 1 atom stereocenters. The van der Waals surface area contributed by atoms with Crippen molar-refractivity contribution in [1.82, 2.24) is 14.7 Å². The van der Waals surface area contributed by atoms with Crippen LogP contribution >= 0.6 is 11.3 Å². The van der Waals surface area contributed by atoms with E-state index in [9.17, 15) is 18.0 Å². The molecule has 0 aromatic carbocycles. The summed E-state index contributed by atoms with van der Waals surface area (Å²) < 4.78 is 24.4. The minimum absolute atomic E-state index is 0.0333. The van der Waals surface area contributed by atoms with E-state index < -0.39 is 9.84 Å². The molecular weight excluding hydrogens is 350 g/mol. The van der Waals surface area contributed by atoms with E-state index in [1.165, 1.54) is 10.5 Å². The number of carbonyl (C=O) groups excluding carboxylic acids is 1. The van der Waals surface area contributed by atoms with E-state index in [4.69, 9.17) is 0 Å². The van der Waals surface area contributed by atoms with Crippen LogP contribution in [0.3, 0.4) is 0 Å². The van der Waals surface area contributed by atoms with Crippen LogP contribution in [0.4, 0.5) is 0 Å². The van der Waals surface area contributed by atoms with Gasteiger partial charge in [-0.2, -0.15) is 0 Å². The van der Waals surface area contributed by atoms with E-state index in [-0.39, 0.29) is 29.0 Å². The number of fused-ring (bicyclic) bond motifs is 2. The van der Waals surface area contributed by atoms with Crippen molar-refractivity contribution in [2.24, 2.45) is 0 Å². The highest BCUT2D eigenvalue weighted by Crippen LogP contribution is 2.22. The molecule has 24 heavy (non-hydrogen) atoms. The molecule has 1 aliphatic rings. The molecule has 1 fully saturated rings. The van der Waals surface area contributed by atoms with E-state index >= 15 is 0 Å². The molecule has 1 saturated heterocycles. The second-order valence-corrected chi connectivity index (χ2v) is 9.01. The number of amides is 1. The van der Waals surface area contributed by atoms with Crippen molar-refractivity contribution >= 4 is 42.9 Å². The lowest BCUT2D eigenvalue weighted by Gasteiger charge is -2.08. The third-order valence-electron chi connectivity index (χ3n) is 4.01. The molecule has 3 aromatic rings. The van der Waals surface area contributed by atoms with Crippen LogP contribution in [0.5, 0.6) is 0 Å². The third kappa shape index (κ3) is 2.59. The van der Waals surface area contributed by atoms with Gasteiger partial charge < -0.3 is 5.32 Å². The Morgan fingerprint density at radius 2 is 2.21 bits per heavy atom. The average molecular weight is 363 g/mol. The van der Waals surface area contributed by atoms with E-state index in [0.717, 1.165) is 11.3 Å². The largest absolute Gasteiger partial charge is 0.348 e. The molecule has 1 amide bonds. The van der Waals surface area contributed by atoms with Gasteiger partial charge in [0.1, 0.15) is 10.5 Å². The van der Waals surface area contributed by atoms with Gasteiger partial charge in [-0.1, -0.05) is 6.07 Å². The van der Waals surface area contributed by atoms with Crippen molar-refractivity contribution in [1.29, 1.82) is 0 Å². The van der Waals surface area contributed by atoms with Crippen LogP contribution in [0.1, 0.15) is 16.1 Å². The summed E-state index contributed by atoms with van der Waals surface area (Å²) in [5.41, 5.74) is 0.292. The molecule has 7 nitrogen and oxygen atoms in total. The number of carbonyl (C=O) groups is 1. The minimum atomic E-state index is -3.06. The Balaban J connectivity index is 1.70. The highest BCUT2D eigenvalue weighted by atomic mass is 32.2. The summed E-state index contributed by atoms with van der Waals surface area (Å²) in [5, 5.41) is 3.11. The van der Waals surface area contributed by atoms with E-state index in [0.29, 0.717) is 27.2 Å². The van der Waals surface area contributed by atoms with Gasteiger partial charge in [0.05, 0.1) is 21.8 Å². The van der Waals surface area contributed by atoms with Crippen LogP contribution in [0, 0.1) is 0 Å². The number of pyridine rings is 1. The normalized spacial score (nSPS) is 19.8. The fraction of sp³-hybridized carbons (Fsp3) is 0.267. The predicted octanol–water partition coefficient (Wildman–Crippen LogP) is 0.826. The number of nitrogens with one attached hydrogen (secondary N) is 1. The van der Waals surface area contributed by atoms with Gasteiger partial charge in [0.2, 0.25) is 0 Å². The Morgan fingerprint density at radius 1 is 1.38 bits per heavy atom. The average Bonchev–Trinajstić information content (AvgIpc) is 3.11. The van der Waals surface area contributed by atoms with E-state index in [1.54, 1.807) is 24.4 Å². The maximum Gasteiger partial charge on any atom is 0.266 e. The zero-order valence-electron chi connectivity index (χ0n) is 12.4. The van der Waals surface area contributed by atoms with Crippen LogP contribution in [0.25, 0.3) is 15.9 Å². The Hall–Kier alpha value is -2.26. The summed E-state index contributed by atoms with van der Waals surface area (Å²) in [5.74, 6) is -0.304. The molecule has 1 aliphatic heterocycles. The lowest BCUT2D eigenvalue weighted by atomic mass is 10.2. The van der Waals surface area contributed by atoms with Crippen LogP contribution < -0.4 is 10.9 Å². The molecular formula is C15H13N3O4S2. The smallest absolute Gasteiger partial charge is 0.266 e. The van der Waals surface area contributed by atoms with Gasteiger partial charge in [-0.3, -0.25) is 14.0 Å². The Bertz CT molecular complexity index is 1130. The molecule has 0 spiro atoms. The zero-order chi connectivity index (χ0) is 16.9. The first-order valence-electron chi connectivity index (χ1n) is 7.35. The number of nitrogens with zero attached hydrogens (tertiary/aromatic N) is 2. The quantitative estimate of drug-likeness (QED) is 0.727. The molecule has 0 aliphatic carbocycles. The van der Waals surface area contributed by atoms with Gasteiger partial charge in [0.25, 0.3) is 11.5 Å². The van der Waals surface area contributed by atoms with Crippen molar-refractivity contribution in [3.05, 3.63) is 45.7 Å². The summed E-state index contributed by atoms with van der Waals surface area (Å²) in [6.07, 6.45) is 2.05. The summed E-state index contributed by atoms with van der Waals surface area (Å²) in [6, 6.07) is 6.40.